The molecule has 0 bridgehead atoms. The van der Waals surface area contributed by atoms with Crippen LogP contribution in [-0.2, 0) is 10.9 Å². The molecule has 0 N–H and O–H groups in total. The maximum absolute atomic E-state index is 4.40. The molecule has 0 aliphatic carbocycles. The van der Waals surface area contributed by atoms with E-state index >= 15 is 0 Å². The van der Waals surface area contributed by atoms with Crippen molar-refractivity contribution >= 4 is 15.9 Å². The molecule has 1 aromatic carbocycles. The van der Waals surface area contributed by atoms with E-state index in [2.05, 4.69) is 83.5 Å². The summed E-state index contributed by atoms with van der Waals surface area (Å²) in [6, 6.07) is 6.44. The van der Waals surface area contributed by atoms with Crippen LogP contribution in [0.5, 0.6) is 0 Å². The first-order chi connectivity index (χ1) is 8.84. The second-order valence-corrected chi connectivity index (χ2v) is 6.46. The Bertz CT molecular complexity index is 594. The van der Waals surface area contributed by atoms with Gasteiger partial charge in [-0.15, -0.1) is 10.2 Å². The van der Waals surface area contributed by atoms with Gasteiger partial charge < -0.3 is 4.57 Å². The van der Waals surface area contributed by atoms with Crippen LogP contribution in [0.2, 0.25) is 0 Å². The van der Waals surface area contributed by atoms with Crippen LogP contribution in [0.15, 0.2) is 18.2 Å². The van der Waals surface area contributed by atoms with E-state index in [9.17, 15) is 0 Å². The highest BCUT2D eigenvalue weighted by atomic mass is 79.9. The lowest BCUT2D eigenvalue weighted by atomic mass is 10.0. The smallest absolute Gasteiger partial charge is 0.164 e. The third kappa shape index (κ3) is 2.73. The quantitative estimate of drug-likeness (QED) is 0.775. The van der Waals surface area contributed by atoms with E-state index in [1.807, 2.05) is 0 Å². The van der Waals surface area contributed by atoms with Gasteiger partial charge in [0.2, 0.25) is 0 Å². The molecule has 0 atom stereocenters. The number of alkyl halides is 1. The van der Waals surface area contributed by atoms with Gasteiger partial charge in [0.15, 0.2) is 5.82 Å². The van der Waals surface area contributed by atoms with Crippen molar-refractivity contribution in [2.45, 2.75) is 45.5 Å². The standard InChI is InChI=1S/C15H20BrN3/c1-10-6-7-12(11(2)8-10)14-18-17-13(9-16)19(14)15(3,4)5/h6-8H,9H2,1-5H3. The van der Waals surface area contributed by atoms with Gasteiger partial charge in [-0.2, -0.15) is 0 Å². The van der Waals surface area contributed by atoms with Gasteiger partial charge >= 0.3 is 0 Å². The number of rotatable bonds is 2. The Labute approximate surface area is 123 Å². The number of hydrogen-bond donors (Lipinski definition) is 0. The summed E-state index contributed by atoms with van der Waals surface area (Å²) in [5.41, 5.74) is 3.61. The summed E-state index contributed by atoms with van der Waals surface area (Å²) in [7, 11) is 0. The van der Waals surface area contributed by atoms with Crippen molar-refractivity contribution < 1.29 is 0 Å². The minimum absolute atomic E-state index is 0.0424. The monoisotopic (exact) mass is 321 g/mol. The van der Waals surface area contributed by atoms with Crippen LogP contribution >= 0.6 is 15.9 Å². The second-order valence-electron chi connectivity index (χ2n) is 5.90. The largest absolute Gasteiger partial charge is 0.305 e. The fourth-order valence-electron chi connectivity index (χ4n) is 2.35. The predicted molar refractivity (Wildman–Crippen MR) is 82.6 cm³/mol. The molecule has 0 spiro atoms. The molecule has 0 aliphatic rings. The summed E-state index contributed by atoms with van der Waals surface area (Å²) >= 11 is 3.49. The van der Waals surface area contributed by atoms with Crippen molar-refractivity contribution in [3.05, 3.63) is 35.2 Å². The minimum Gasteiger partial charge on any atom is -0.305 e. The van der Waals surface area contributed by atoms with Gasteiger partial charge in [0.05, 0.1) is 5.33 Å². The molecule has 1 aromatic heterocycles. The first-order valence-electron chi connectivity index (χ1n) is 6.43. The van der Waals surface area contributed by atoms with Crippen LogP contribution in [-0.4, -0.2) is 14.8 Å². The molecule has 2 aromatic rings. The van der Waals surface area contributed by atoms with E-state index in [-0.39, 0.29) is 5.54 Å². The Morgan fingerprint density at radius 1 is 1.16 bits per heavy atom. The van der Waals surface area contributed by atoms with Crippen LogP contribution in [0.25, 0.3) is 11.4 Å². The molecule has 0 amide bonds. The van der Waals surface area contributed by atoms with E-state index in [1.54, 1.807) is 0 Å². The zero-order valence-electron chi connectivity index (χ0n) is 12.2. The number of hydrogen-bond acceptors (Lipinski definition) is 2. The first kappa shape index (κ1) is 14.3. The molecule has 0 saturated carbocycles. The highest BCUT2D eigenvalue weighted by Crippen LogP contribution is 2.29. The highest BCUT2D eigenvalue weighted by molar-refractivity contribution is 9.08. The minimum atomic E-state index is -0.0424. The topological polar surface area (TPSA) is 30.7 Å². The molecule has 102 valence electrons. The van der Waals surface area contributed by atoms with E-state index in [1.165, 1.54) is 11.1 Å². The fourth-order valence-corrected chi connectivity index (χ4v) is 2.71. The van der Waals surface area contributed by atoms with Crippen molar-refractivity contribution in [3.63, 3.8) is 0 Å². The average molecular weight is 322 g/mol. The summed E-state index contributed by atoms with van der Waals surface area (Å²) in [4.78, 5) is 0. The average Bonchev–Trinajstić information content (AvgIpc) is 2.72. The lowest BCUT2D eigenvalue weighted by Gasteiger charge is -2.25. The zero-order valence-corrected chi connectivity index (χ0v) is 13.7. The normalized spacial score (nSPS) is 11.9. The van der Waals surface area contributed by atoms with Gasteiger partial charge in [0.1, 0.15) is 5.82 Å². The molecule has 0 radical (unpaired) electrons. The van der Waals surface area contributed by atoms with Gasteiger partial charge in [-0.3, -0.25) is 0 Å². The Hall–Kier alpha value is -1.16. The van der Waals surface area contributed by atoms with Gasteiger partial charge in [-0.25, -0.2) is 0 Å². The van der Waals surface area contributed by atoms with Crippen LogP contribution in [0.3, 0.4) is 0 Å². The highest BCUT2D eigenvalue weighted by Gasteiger charge is 2.23. The molecule has 0 unspecified atom stereocenters. The van der Waals surface area contributed by atoms with E-state index in [4.69, 9.17) is 0 Å². The third-order valence-corrected chi connectivity index (χ3v) is 3.64. The van der Waals surface area contributed by atoms with Crippen LogP contribution in [0, 0.1) is 13.8 Å². The molecule has 3 nitrogen and oxygen atoms in total. The van der Waals surface area contributed by atoms with Crippen LogP contribution < -0.4 is 0 Å². The van der Waals surface area contributed by atoms with Crippen LogP contribution in [0.1, 0.15) is 37.7 Å². The molecule has 0 fully saturated rings. The summed E-state index contributed by atoms with van der Waals surface area (Å²) in [5.74, 6) is 1.90. The fraction of sp³-hybridized carbons (Fsp3) is 0.467. The molecule has 19 heavy (non-hydrogen) atoms. The molecule has 4 heteroatoms. The van der Waals surface area contributed by atoms with Crippen molar-refractivity contribution in [1.82, 2.24) is 14.8 Å². The van der Waals surface area contributed by atoms with Gasteiger partial charge in [0.25, 0.3) is 0 Å². The number of nitrogens with zero attached hydrogens (tertiary/aromatic N) is 3. The molecule has 1 heterocycles. The van der Waals surface area contributed by atoms with E-state index in [0.29, 0.717) is 5.33 Å². The molecule has 0 saturated heterocycles. The maximum atomic E-state index is 4.40. The van der Waals surface area contributed by atoms with E-state index < -0.39 is 0 Å². The van der Waals surface area contributed by atoms with Crippen molar-refractivity contribution in [2.75, 3.05) is 0 Å². The maximum Gasteiger partial charge on any atom is 0.164 e. The summed E-state index contributed by atoms with van der Waals surface area (Å²) in [5, 5.41) is 9.41. The van der Waals surface area contributed by atoms with E-state index in [0.717, 1.165) is 17.2 Å². The van der Waals surface area contributed by atoms with Gasteiger partial charge in [0, 0.05) is 11.1 Å². The van der Waals surface area contributed by atoms with Crippen molar-refractivity contribution in [1.29, 1.82) is 0 Å². The number of aryl methyl sites for hydroxylation is 2. The Balaban J connectivity index is 2.66. The summed E-state index contributed by atoms with van der Waals surface area (Å²) in [6.45, 7) is 10.8. The summed E-state index contributed by atoms with van der Waals surface area (Å²) < 4.78 is 2.21. The Morgan fingerprint density at radius 3 is 2.37 bits per heavy atom. The molecule has 2 rings (SSSR count). The third-order valence-electron chi connectivity index (χ3n) is 3.14. The SMILES string of the molecule is Cc1ccc(-c2nnc(CBr)n2C(C)(C)C)c(C)c1. The predicted octanol–water partition coefficient (Wildman–Crippen LogP) is 4.21. The number of halogens is 1. The van der Waals surface area contributed by atoms with Crippen molar-refractivity contribution in [2.24, 2.45) is 0 Å². The number of benzene rings is 1. The lowest BCUT2D eigenvalue weighted by molar-refractivity contribution is 0.391. The number of aromatic nitrogens is 3. The molecular weight excluding hydrogens is 302 g/mol. The van der Waals surface area contributed by atoms with Gasteiger partial charge in [-0.05, 0) is 40.2 Å². The molecular formula is C15H20BrN3. The van der Waals surface area contributed by atoms with Gasteiger partial charge in [-0.1, -0.05) is 39.7 Å². The van der Waals surface area contributed by atoms with Crippen LogP contribution in [0.4, 0.5) is 0 Å². The second kappa shape index (κ2) is 5.08. The lowest BCUT2D eigenvalue weighted by Crippen LogP contribution is -2.25. The molecule has 0 aliphatic heterocycles. The first-order valence-corrected chi connectivity index (χ1v) is 7.55. The summed E-state index contributed by atoms with van der Waals surface area (Å²) in [6.07, 6.45) is 0. The van der Waals surface area contributed by atoms with Crippen molar-refractivity contribution in [3.8, 4) is 11.4 Å². The Kier molecular flexibility index (Phi) is 3.81. The Morgan fingerprint density at radius 2 is 1.84 bits per heavy atom. The zero-order chi connectivity index (χ0) is 14.2.